The zero-order valence-corrected chi connectivity index (χ0v) is 17.8. The molecule has 0 saturated carbocycles. The molecule has 28 heavy (non-hydrogen) atoms. The smallest absolute Gasteiger partial charge is 0.240 e. The van der Waals surface area contributed by atoms with E-state index in [1.54, 1.807) is 6.07 Å². The van der Waals surface area contributed by atoms with Crippen molar-refractivity contribution in [1.29, 1.82) is 0 Å². The molecule has 7 nitrogen and oxygen atoms in total. The van der Waals surface area contributed by atoms with E-state index in [4.69, 9.17) is 27.9 Å². The Kier molecular flexibility index (Phi) is 6.98. The van der Waals surface area contributed by atoms with Gasteiger partial charge in [-0.1, -0.05) is 23.2 Å². The molecule has 2 aromatic rings. The van der Waals surface area contributed by atoms with Crippen molar-refractivity contribution in [1.82, 2.24) is 14.7 Å². The zero-order valence-electron chi connectivity index (χ0n) is 15.5. The van der Waals surface area contributed by atoms with Crippen molar-refractivity contribution in [2.75, 3.05) is 31.1 Å². The van der Waals surface area contributed by atoms with Gasteiger partial charge >= 0.3 is 0 Å². The highest BCUT2D eigenvalue weighted by Crippen LogP contribution is 2.25. The van der Waals surface area contributed by atoms with Gasteiger partial charge in [-0.05, 0) is 44.4 Å². The van der Waals surface area contributed by atoms with Crippen LogP contribution in [0.15, 0.2) is 29.2 Å². The molecule has 1 aromatic carbocycles. The number of piperidine rings is 1. The second kappa shape index (κ2) is 9.26. The van der Waals surface area contributed by atoms with Crippen LogP contribution in [0.1, 0.15) is 25.1 Å². The van der Waals surface area contributed by atoms with E-state index >= 15 is 0 Å². The summed E-state index contributed by atoms with van der Waals surface area (Å²) in [6.45, 7) is 3.98. The molecule has 1 saturated heterocycles. The first-order valence-electron chi connectivity index (χ1n) is 9.03. The van der Waals surface area contributed by atoms with Gasteiger partial charge in [0.25, 0.3) is 0 Å². The molecule has 1 aliphatic heterocycles. The van der Waals surface area contributed by atoms with E-state index in [2.05, 4.69) is 19.6 Å². The molecule has 3 rings (SSSR count). The van der Waals surface area contributed by atoms with E-state index < -0.39 is 10.0 Å². The fraction of sp³-hybridized carbons (Fsp3) is 0.444. The van der Waals surface area contributed by atoms with Crippen molar-refractivity contribution in [2.45, 2.75) is 31.1 Å². The second-order valence-electron chi connectivity index (χ2n) is 6.48. The standard InChI is InChI=1S/C18H22Cl2N4O3S/c1-13-22-17(24-8-3-2-4-9-24)12-18(23-13)27-10-7-21-28(25,26)14-5-6-15(19)16(20)11-14/h5-6,11-12,21H,2-4,7-10H2,1H3. The minimum absolute atomic E-state index is 0.0483. The maximum Gasteiger partial charge on any atom is 0.240 e. The van der Waals surface area contributed by atoms with Crippen LogP contribution in [0.3, 0.4) is 0 Å². The van der Waals surface area contributed by atoms with Crippen LogP contribution in [-0.2, 0) is 10.0 Å². The van der Waals surface area contributed by atoms with E-state index in [-0.39, 0.29) is 23.1 Å². The molecule has 10 heteroatoms. The first-order chi connectivity index (χ1) is 13.3. The Morgan fingerprint density at radius 3 is 2.57 bits per heavy atom. The largest absolute Gasteiger partial charge is 0.476 e. The number of aromatic nitrogens is 2. The number of ether oxygens (including phenoxy) is 1. The minimum Gasteiger partial charge on any atom is -0.476 e. The van der Waals surface area contributed by atoms with Crippen molar-refractivity contribution in [3.8, 4) is 5.88 Å². The maximum absolute atomic E-state index is 12.3. The van der Waals surface area contributed by atoms with Gasteiger partial charge in [0.05, 0.1) is 14.9 Å². The van der Waals surface area contributed by atoms with Gasteiger partial charge in [0, 0.05) is 25.7 Å². The lowest BCUT2D eigenvalue weighted by atomic mass is 10.1. The van der Waals surface area contributed by atoms with Crippen molar-refractivity contribution >= 4 is 39.0 Å². The predicted octanol–water partition coefficient (Wildman–Crippen LogP) is 3.44. The molecule has 0 amide bonds. The summed E-state index contributed by atoms with van der Waals surface area (Å²) in [6.07, 6.45) is 3.54. The average Bonchev–Trinajstić information content (AvgIpc) is 2.67. The quantitative estimate of drug-likeness (QED) is 0.658. The number of hydrogen-bond acceptors (Lipinski definition) is 6. The lowest BCUT2D eigenvalue weighted by Crippen LogP contribution is -2.30. The Labute approximate surface area is 175 Å². The van der Waals surface area contributed by atoms with Crippen LogP contribution in [0.4, 0.5) is 5.82 Å². The maximum atomic E-state index is 12.3. The molecule has 1 aliphatic rings. The second-order valence-corrected chi connectivity index (χ2v) is 9.06. The molecule has 0 bridgehead atoms. The summed E-state index contributed by atoms with van der Waals surface area (Å²) in [5, 5.41) is 0.482. The monoisotopic (exact) mass is 444 g/mol. The van der Waals surface area contributed by atoms with Crippen LogP contribution >= 0.6 is 23.2 Å². The number of nitrogens with zero attached hydrogens (tertiary/aromatic N) is 3. The average molecular weight is 445 g/mol. The molecule has 2 heterocycles. The predicted molar refractivity (Wildman–Crippen MR) is 110 cm³/mol. The Morgan fingerprint density at radius 1 is 1.11 bits per heavy atom. The van der Waals surface area contributed by atoms with Gasteiger partial charge in [0.1, 0.15) is 18.2 Å². The zero-order chi connectivity index (χ0) is 20.1. The number of halogens is 2. The van der Waals surface area contributed by atoms with Crippen LogP contribution in [0.25, 0.3) is 0 Å². The number of anilines is 1. The number of rotatable bonds is 7. The normalized spacial score (nSPS) is 14.9. The third kappa shape index (κ3) is 5.47. The molecule has 0 spiro atoms. The summed E-state index contributed by atoms with van der Waals surface area (Å²) in [5.41, 5.74) is 0. The number of sulfonamides is 1. The van der Waals surface area contributed by atoms with E-state index in [1.165, 1.54) is 24.6 Å². The molecular weight excluding hydrogens is 423 g/mol. The summed E-state index contributed by atoms with van der Waals surface area (Å²) in [5.74, 6) is 1.90. The fourth-order valence-electron chi connectivity index (χ4n) is 2.94. The van der Waals surface area contributed by atoms with Crippen molar-refractivity contribution in [2.24, 2.45) is 0 Å². The van der Waals surface area contributed by atoms with Gasteiger partial charge in [-0.3, -0.25) is 0 Å². The van der Waals surface area contributed by atoms with E-state index in [0.717, 1.165) is 31.7 Å². The van der Waals surface area contributed by atoms with Crippen LogP contribution < -0.4 is 14.4 Å². The van der Waals surface area contributed by atoms with Crippen LogP contribution in [-0.4, -0.2) is 44.6 Å². The van der Waals surface area contributed by atoms with Crippen molar-refractivity contribution < 1.29 is 13.2 Å². The minimum atomic E-state index is -3.70. The van der Waals surface area contributed by atoms with Gasteiger partial charge in [-0.15, -0.1) is 0 Å². The van der Waals surface area contributed by atoms with Gasteiger partial charge in [-0.25, -0.2) is 18.1 Å². The van der Waals surface area contributed by atoms with Gasteiger partial charge in [0.15, 0.2) is 0 Å². The topological polar surface area (TPSA) is 84.4 Å². The number of hydrogen-bond donors (Lipinski definition) is 1. The molecule has 0 radical (unpaired) electrons. The summed E-state index contributed by atoms with van der Waals surface area (Å²) < 4.78 is 32.8. The molecular formula is C18H22Cl2N4O3S. The van der Waals surface area contributed by atoms with E-state index in [9.17, 15) is 8.42 Å². The first kappa shape index (κ1) is 21.1. The van der Waals surface area contributed by atoms with Crippen LogP contribution in [0.5, 0.6) is 5.88 Å². The summed E-state index contributed by atoms with van der Waals surface area (Å²) in [4.78, 5) is 11.0. The highest BCUT2D eigenvalue weighted by atomic mass is 35.5. The van der Waals surface area contributed by atoms with E-state index in [0.29, 0.717) is 16.7 Å². The number of benzene rings is 1. The third-order valence-electron chi connectivity index (χ3n) is 4.33. The highest BCUT2D eigenvalue weighted by Gasteiger charge is 2.16. The lowest BCUT2D eigenvalue weighted by molar-refractivity contribution is 0.309. The lowest BCUT2D eigenvalue weighted by Gasteiger charge is -2.28. The molecule has 1 aromatic heterocycles. The first-order valence-corrected chi connectivity index (χ1v) is 11.3. The highest BCUT2D eigenvalue weighted by molar-refractivity contribution is 7.89. The van der Waals surface area contributed by atoms with Crippen molar-refractivity contribution in [3.63, 3.8) is 0 Å². The Hall–Kier alpha value is -1.61. The van der Waals surface area contributed by atoms with Gasteiger partial charge < -0.3 is 9.64 Å². The van der Waals surface area contributed by atoms with E-state index in [1.807, 2.05) is 6.92 Å². The SMILES string of the molecule is Cc1nc(OCCNS(=O)(=O)c2ccc(Cl)c(Cl)c2)cc(N2CCCCC2)n1. The summed E-state index contributed by atoms with van der Waals surface area (Å²) in [6, 6.07) is 5.95. The van der Waals surface area contributed by atoms with Gasteiger partial charge in [0.2, 0.25) is 15.9 Å². The summed E-state index contributed by atoms with van der Waals surface area (Å²) >= 11 is 11.7. The fourth-order valence-corrected chi connectivity index (χ4v) is 4.34. The molecule has 0 atom stereocenters. The Bertz CT molecular complexity index is 934. The number of nitrogens with one attached hydrogen (secondary N) is 1. The summed E-state index contributed by atoms with van der Waals surface area (Å²) in [7, 11) is -3.70. The number of aryl methyl sites for hydroxylation is 1. The molecule has 152 valence electrons. The Morgan fingerprint density at radius 2 is 1.86 bits per heavy atom. The Balaban J connectivity index is 1.57. The van der Waals surface area contributed by atoms with Crippen LogP contribution in [0, 0.1) is 6.92 Å². The van der Waals surface area contributed by atoms with Gasteiger partial charge in [-0.2, -0.15) is 4.98 Å². The molecule has 0 unspecified atom stereocenters. The molecule has 1 N–H and O–H groups in total. The molecule has 1 fully saturated rings. The van der Waals surface area contributed by atoms with Crippen LogP contribution in [0.2, 0.25) is 10.0 Å². The molecule has 0 aliphatic carbocycles. The third-order valence-corrected chi connectivity index (χ3v) is 6.52. The van der Waals surface area contributed by atoms with Crippen molar-refractivity contribution in [3.05, 3.63) is 40.1 Å².